The monoisotopic (exact) mass is 1040 g/mol. The Labute approximate surface area is 463 Å². The lowest BCUT2D eigenvalue weighted by molar-refractivity contribution is -0.156. The lowest BCUT2D eigenvalue weighted by Crippen LogP contribution is -2.42. The minimum Gasteiger partial charge on any atom is -0.465 e. The topological polar surface area (TPSA) is 57.2 Å². The van der Waals surface area contributed by atoms with Crippen LogP contribution in [0.25, 0.3) is 0 Å². The molecule has 438 valence electrons. The second kappa shape index (κ2) is 47.1. The first-order valence-corrected chi connectivity index (χ1v) is 33.9. The first-order chi connectivity index (χ1) is 36.4. The molecule has 6 unspecified atom stereocenters. The number of esters is 1. The van der Waals surface area contributed by atoms with Crippen LogP contribution in [0, 0.1) is 40.9 Å². The van der Waals surface area contributed by atoms with Gasteiger partial charge in [0.2, 0.25) is 0 Å². The number of unbranched alkanes of at least 4 members (excludes halogenated alkanes) is 30. The second-order valence-corrected chi connectivity index (χ2v) is 25.9. The number of hydrogen-bond acceptors (Lipinski definition) is 6. The third kappa shape index (κ3) is 38.8. The Morgan fingerprint density at radius 2 is 0.608 bits per heavy atom. The zero-order chi connectivity index (χ0) is 52.8. The summed E-state index contributed by atoms with van der Waals surface area (Å²) in [6, 6.07) is 0. The number of nitrogens with zero attached hydrogens (tertiary/aromatic N) is 1. The first kappa shape index (κ1) is 67.6. The zero-order valence-electron chi connectivity index (χ0n) is 50.8. The van der Waals surface area contributed by atoms with Gasteiger partial charge in [0.1, 0.15) is 6.61 Å². The number of rotatable bonds is 60. The van der Waals surface area contributed by atoms with Crippen molar-refractivity contribution in [3.8, 4) is 0 Å². The van der Waals surface area contributed by atoms with Crippen LogP contribution in [-0.4, -0.2) is 77.8 Å². The van der Waals surface area contributed by atoms with E-state index >= 15 is 0 Å². The normalized spacial score (nSPS) is 20.9. The van der Waals surface area contributed by atoms with E-state index in [0.717, 1.165) is 87.6 Å². The van der Waals surface area contributed by atoms with Gasteiger partial charge in [0.15, 0.2) is 0 Å². The Kier molecular flexibility index (Phi) is 43.1. The Hall–Kier alpha value is -0.690. The van der Waals surface area contributed by atoms with Crippen molar-refractivity contribution in [1.82, 2.24) is 4.90 Å². The standard InChI is InChI=1S/C68H131NO5/c1-6-9-12-15-24-33-43-61-54-64(61)46-36-27-18-21-30-39-51-71-57-68(60-74-67(70)49-42-50-69(4)5,58-72-52-40-31-22-19-28-37-47-65-55-62(65)44-34-25-16-13-10-7-2)59-73-53-41-32-23-20-29-38-48-66-56-63(66)45-35-26-17-14-11-8-3/h61-66H,6-60H2,1-5H3. The van der Waals surface area contributed by atoms with E-state index in [1.165, 1.54) is 270 Å². The molecule has 0 N–H and O–H groups in total. The molecule has 3 fully saturated rings. The fourth-order valence-corrected chi connectivity index (χ4v) is 12.5. The van der Waals surface area contributed by atoms with Gasteiger partial charge in [-0.25, -0.2) is 0 Å². The lowest BCUT2D eigenvalue weighted by atomic mass is 9.92. The quantitative estimate of drug-likeness (QED) is 0.0447. The SMILES string of the molecule is CCCCCCCCC1CC1CCCCCCCCOCC(COCCCCCCCCC1CC1CCCCCCCC)(COCCCCCCCCC1CC1CCCCCCCC)COC(=O)CCCN(C)C. The first-order valence-electron chi connectivity index (χ1n) is 33.9. The van der Waals surface area contributed by atoms with E-state index in [0.29, 0.717) is 32.8 Å². The van der Waals surface area contributed by atoms with E-state index in [4.69, 9.17) is 18.9 Å². The molecular weight excluding hydrogens is 911 g/mol. The van der Waals surface area contributed by atoms with Crippen LogP contribution in [0.1, 0.15) is 323 Å². The molecule has 3 rings (SSSR count). The maximum Gasteiger partial charge on any atom is 0.305 e. The zero-order valence-corrected chi connectivity index (χ0v) is 50.8. The van der Waals surface area contributed by atoms with E-state index in [-0.39, 0.29) is 5.97 Å². The van der Waals surface area contributed by atoms with Crippen molar-refractivity contribution in [1.29, 1.82) is 0 Å². The number of hydrogen-bond donors (Lipinski definition) is 0. The molecule has 0 aromatic heterocycles. The highest BCUT2D eigenvalue weighted by Gasteiger charge is 2.37. The van der Waals surface area contributed by atoms with Crippen LogP contribution >= 0.6 is 0 Å². The molecule has 3 saturated carbocycles. The van der Waals surface area contributed by atoms with Crippen molar-refractivity contribution >= 4 is 5.97 Å². The molecule has 0 radical (unpaired) electrons. The summed E-state index contributed by atoms with van der Waals surface area (Å²) < 4.78 is 25.6. The average molecular weight is 1040 g/mol. The second-order valence-electron chi connectivity index (χ2n) is 25.9. The van der Waals surface area contributed by atoms with Crippen LogP contribution < -0.4 is 0 Å². The summed E-state index contributed by atoms with van der Waals surface area (Å²) in [4.78, 5) is 15.2. The molecule has 0 aromatic carbocycles. The summed E-state index contributed by atoms with van der Waals surface area (Å²) in [6.07, 6.45) is 63.8. The number of carbonyl (C=O) groups excluding carboxylic acids is 1. The Balaban J connectivity index is 1.35. The van der Waals surface area contributed by atoms with Gasteiger partial charge in [-0.05, 0) is 101 Å². The van der Waals surface area contributed by atoms with E-state index in [1.807, 2.05) is 0 Å². The van der Waals surface area contributed by atoms with Gasteiger partial charge in [-0.1, -0.05) is 271 Å². The number of ether oxygens (including phenoxy) is 4. The van der Waals surface area contributed by atoms with E-state index < -0.39 is 5.41 Å². The van der Waals surface area contributed by atoms with Gasteiger partial charge in [-0.3, -0.25) is 4.79 Å². The molecule has 6 nitrogen and oxygen atoms in total. The van der Waals surface area contributed by atoms with Gasteiger partial charge in [0, 0.05) is 26.2 Å². The highest BCUT2D eigenvalue weighted by atomic mass is 16.5. The van der Waals surface area contributed by atoms with Crippen LogP contribution in [0.4, 0.5) is 0 Å². The van der Waals surface area contributed by atoms with Gasteiger partial charge in [0.05, 0.1) is 25.2 Å². The van der Waals surface area contributed by atoms with Crippen molar-refractivity contribution in [2.45, 2.75) is 323 Å². The summed E-state index contributed by atoms with van der Waals surface area (Å²) in [5, 5.41) is 0. The summed E-state index contributed by atoms with van der Waals surface area (Å²) in [6.45, 7) is 11.9. The lowest BCUT2D eigenvalue weighted by Gasteiger charge is -2.33. The van der Waals surface area contributed by atoms with Gasteiger partial charge < -0.3 is 23.8 Å². The molecule has 6 atom stereocenters. The molecule has 0 saturated heterocycles. The highest BCUT2D eigenvalue weighted by Crippen LogP contribution is 2.47. The summed E-state index contributed by atoms with van der Waals surface area (Å²) in [5.74, 6) is 6.19. The van der Waals surface area contributed by atoms with Crippen LogP contribution in [0.15, 0.2) is 0 Å². The summed E-state index contributed by atoms with van der Waals surface area (Å²) in [5.41, 5.74) is -0.488. The minimum absolute atomic E-state index is 0.115. The molecule has 0 aromatic rings. The van der Waals surface area contributed by atoms with Crippen molar-refractivity contribution in [3.05, 3.63) is 0 Å². The Morgan fingerprint density at radius 3 is 0.878 bits per heavy atom. The molecular formula is C68H131NO5. The Morgan fingerprint density at radius 1 is 0.351 bits per heavy atom. The molecule has 3 aliphatic carbocycles. The maximum atomic E-state index is 13.1. The van der Waals surface area contributed by atoms with Gasteiger partial charge in [-0.2, -0.15) is 0 Å². The molecule has 6 heteroatoms. The van der Waals surface area contributed by atoms with Crippen molar-refractivity contribution in [3.63, 3.8) is 0 Å². The molecule has 0 bridgehead atoms. The van der Waals surface area contributed by atoms with E-state index in [2.05, 4.69) is 39.8 Å². The highest BCUT2D eigenvalue weighted by molar-refractivity contribution is 5.69. The smallest absolute Gasteiger partial charge is 0.305 e. The molecule has 0 spiro atoms. The maximum absolute atomic E-state index is 13.1. The molecule has 3 aliphatic rings. The predicted molar refractivity (Wildman–Crippen MR) is 319 cm³/mol. The molecule has 74 heavy (non-hydrogen) atoms. The van der Waals surface area contributed by atoms with Crippen molar-refractivity contribution < 1.29 is 23.7 Å². The largest absolute Gasteiger partial charge is 0.465 e. The minimum atomic E-state index is -0.488. The third-order valence-corrected chi connectivity index (χ3v) is 18.1. The molecule has 0 amide bonds. The number of carbonyl (C=O) groups is 1. The fraction of sp³-hybridized carbons (Fsp3) is 0.985. The van der Waals surface area contributed by atoms with Crippen LogP contribution in [0.5, 0.6) is 0 Å². The van der Waals surface area contributed by atoms with Gasteiger partial charge in [0.25, 0.3) is 0 Å². The average Bonchev–Trinajstić information content (AvgIpc) is 4.34. The third-order valence-electron chi connectivity index (χ3n) is 18.1. The molecule has 0 aliphatic heterocycles. The fourth-order valence-electron chi connectivity index (χ4n) is 12.5. The van der Waals surface area contributed by atoms with E-state index in [1.54, 1.807) is 0 Å². The molecule has 0 heterocycles. The van der Waals surface area contributed by atoms with Gasteiger partial charge >= 0.3 is 5.97 Å². The van der Waals surface area contributed by atoms with Crippen molar-refractivity contribution in [2.24, 2.45) is 40.9 Å². The van der Waals surface area contributed by atoms with E-state index in [9.17, 15) is 4.79 Å². The van der Waals surface area contributed by atoms with Crippen LogP contribution in [0.2, 0.25) is 0 Å². The summed E-state index contributed by atoms with van der Waals surface area (Å²) >= 11 is 0. The summed E-state index contributed by atoms with van der Waals surface area (Å²) in [7, 11) is 4.12. The predicted octanol–water partition coefficient (Wildman–Crippen LogP) is 20.3. The van der Waals surface area contributed by atoms with Crippen LogP contribution in [0.3, 0.4) is 0 Å². The van der Waals surface area contributed by atoms with Crippen molar-refractivity contribution in [2.75, 3.05) is 66.9 Å². The Bertz CT molecular complexity index is 1100. The van der Waals surface area contributed by atoms with Gasteiger partial charge in [-0.15, -0.1) is 0 Å². The van der Waals surface area contributed by atoms with Crippen LogP contribution in [-0.2, 0) is 23.7 Å².